The lowest BCUT2D eigenvalue weighted by molar-refractivity contribution is -0.539. The van der Waals surface area contributed by atoms with E-state index in [4.69, 9.17) is 11.6 Å². The Morgan fingerprint density at radius 3 is 2.36 bits per heavy atom. The molecule has 2 nitrogen and oxygen atoms in total. The predicted molar refractivity (Wildman–Crippen MR) is 62.2 cm³/mol. The molecule has 1 fully saturated rings. The topological polar surface area (TPSA) is 6.25 Å². The number of halogens is 1. The molecule has 0 unspecified atom stereocenters. The summed E-state index contributed by atoms with van der Waals surface area (Å²) in [6, 6.07) is 0. The van der Waals surface area contributed by atoms with Crippen LogP contribution in [0.15, 0.2) is 0 Å². The van der Waals surface area contributed by atoms with Crippen molar-refractivity contribution >= 4 is 16.9 Å². The fourth-order valence-corrected chi connectivity index (χ4v) is 2.30. The van der Waals surface area contributed by atoms with Gasteiger partial charge in [-0.3, -0.25) is 9.48 Å². The van der Waals surface area contributed by atoms with E-state index in [1.807, 2.05) is 0 Å². The zero-order valence-corrected chi connectivity index (χ0v) is 10.2. The first-order chi connectivity index (χ1) is 6.79. The molecule has 0 aromatic heterocycles. The van der Waals surface area contributed by atoms with Crippen LogP contribution in [0, 0.1) is 0 Å². The molecule has 0 bridgehead atoms. The summed E-state index contributed by atoms with van der Waals surface area (Å²) in [5.74, 6) is 0. The summed E-state index contributed by atoms with van der Waals surface area (Å²) in [7, 11) is 0. The Balaban J connectivity index is 2.61. The third-order valence-electron chi connectivity index (χ3n) is 2.75. The molecule has 0 spiro atoms. The van der Waals surface area contributed by atoms with Gasteiger partial charge in [0.1, 0.15) is 0 Å². The average Bonchev–Trinajstić information content (AvgIpc) is 2.26. The second-order valence-electron chi connectivity index (χ2n) is 3.90. The van der Waals surface area contributed by atoms with E-state index in [2.05, 4.69) is 23.3 Å². The van der Waals surface area contributed by atoms with Crippen LogP contribution in [0.5, 0.6) is 0 Å². The van der Waals surface area contributed by atoms with Gasteiger partial charge < -0.3 is 0 Å². The van der Waals surface area contributed by atoms with Crippen molar-refractivity contribution in [3.8, 4) is 0 Å². The SMILES string of the molecule is CCCN(CC)C(Cl)=[N+]1CCCCC1. The quantitative estimate of drug-likeness (QED) is 0.400. The van der Waals surface area contributed by atoms with E-state index in [1.165, 1.54) is 19.3 Å². The number of rotatable bonds is 3. The van der Waals surface area contributed by atoms with Crippen molar-refractivity contribution in [1.29, 1.82) is 0 Å². The lowest BCUT2D eigenvalue weighted by Crippen LogP contribution is -2.37. The number of hydrogen-bond donors (Lipinski definition) is 0. The van der Waals surface area contributed by atoms with Crippen LogP contribution in [-0.2, 0) is 0 Å². The highest BCUT2D eigenvalue weighted by atomic mass is 35.5. The minimum atomic E-state index is 0.967. The van der Waals surface area contributed by atoms with Gasteiger partial charge >= 0.3 is 5.29 Å². The summed E-state index contributed by atoms with van der Waals surface area (Å²) in [5, 5.41) is 0.967. The zero-order chi connectivity index (χ0) is 10.4. The molecule has 82 valence electrons. The van der Waals surface area contributed by atoms with E-state index in [0.717, 1.165) is 37.9 Å². The standard InChI is InChI=1S/C11H22ClN2/c1-3-8-13(4-2)11(12)14-9-6-5-7-10-14/h3-10H2,1-2H3/q+1. The van der Waals surface area contributed by atoms with Crippen molar-refractivity contribution in [2.24, 2.45) is 0 Å². The van der Waals surface area contributed by atoms with E-state index < -0.39 is 0 Å². The molecule has 0 radical (unpaired) electrons. The third kappa shape index (κ3) is 3.16. The highest BCUT2D eigenvalue weighted by molar-refractivity contribution is 6.63. The molecular formula is C11H22ClN2+. The number of amidine groups is 1. The molecule has 1 heterocycles. The van der Waals surface area contributed by atoms with Crippen molar-refractivity contribution in [1.82, 2.24) is 4.90 Å². The van der Waals surface area contributed by atoms with Gasteiger partial charge in [0.05, 0.1) is 26.2 Å². The van der Waals surface area contributed by atoms with E-state index in [9.17, 15) is 0 Å². The molecule has 3 heteroatoms. The second-order valence-corrected chi connectivity index (χ2v) is 4.23. The van der Waals surface area contributed by atoms with Gasteiger partial charge in [-0.2, -0.15) is 0 Å². The Morgan fingerprint density at radius 1 is 1.21 bits per heavy atom. The molecule has 1 aliphatic heterocycles. The molecule has 0 aromatic rings. The van der Waals surface area contributed by atoms with Crippen LogP contribution in [0.1, 0.15) is 39.5 Å². The zero-order valence-electron chi connectivity index (χ0n) is 9.43. The fraction of sp³-hybridized carbons (Fsp3) is 0.909. The van der Waals surface area contributed by atoms with Gasteiger partial charge in [0.2, 0.25) is 0 Å². The normalized spacial score (nSPS) is 16.9. The first-order valence-corrected chi connectivity index (χ1v) is 6.19. The molecule has 0 N–H and O–H groups in total. The van der Waals surface area contributed by atoms with Crippen molar-refractivity contribution in [2.75, 3.05) is 26.2 Å². The van der Waals surface area contributed by atoms with Gasteiger partial charge in [0.25, 0.3) is 0 Å². The van der Waals surface area contributed by atoms with Gasteiger partial charge in [-0.25, -0.2) is 0 Å². The molecule has 1 saturated heterocycles. The van der Waals surface area contributed by atoms with Crippen molar-refractivity contribution in [3.05, 3.63) is 0 Å². The molecule has 0 aromatic carbocycles. The molecule has 1 aliphatic rings. The van der Waals surface area contributed by atoms with E-state index in [0.29, 0.717) is 0 Å². The lowest BCUT2D eigenvalue weighted by Gasteiger charge is -2.19. The number of piperidine rings is 1. The van der Waals surface area contributed by atoms with Crippen LogP contribution >= 0.6 is 11.6 Å². The van der Waals surface area contributed by atoms with Crippen molar-refractivity contribution in [3.63, 3.8) is 0 Å². The van der Waals surface area contributed by atoms with Gasteiger partial charge in [-0.05, 0) is 32.6 Å². The molecular weight excluding hydrogens is 196 g/mol. The highest BCUT2D eigenvalue weighted by Crippen LogP contribution is 2.08. The maximum Gasteiger partial charge on any atom is 0.345 e. The Morgan fingerprint density at radius 2 is 1.86 bits per heavy atom. The summed E-state index contributed by atoms with van der Waals surface area (Å²) in [6.07, 6.45) is 5.11. The monoisotopic (exact) mass is 217 g/mol. The first-order valence-electron chi connectivity index (χ1n) is 5.82. The predicted octanol–water partition coefficient (Wildman–Crippen LogP) is 2.51. The molecule has 0 aliphatic carbocycles. The summed E-state index contributed by atoms with van der Waals surface area (Å²) in [4.78, 5) is 2.27. The molecule has 0 amide bonds. The molecule has 0 atom stereocenters. The summed E-state index contributed by atoms with van der Waals surface area (Å²) < 4.78 is 2.32. The van der Waals surface area contributed by atoms with Crippen LogP contribution in [0.4, 0.5) is 0 Å². The molecule has 1 rings (SSSR count). The summed E-state index contributed by atoms with van der Waals surface area (Å²) in [6.45, 7) is 8.73. The van der Waals surface area contributed by atoms with Crippen LogP contribution in [-0.4, -0.2) is 40.9 Å². The largest absolute Gasteiger partial charge is 0.345 e. The smallest absolute Gasteiger partial charge is 0.252 e. The van der Waals surface area contributed by atoms with Crippen LogP contribution < -0.4 is 0 Å². The molecule has 14 heavy (non-hydrogen) atoms. The summed E-state index contributed by atoms with van der Waals surface area (Å²) in [5.41, 5.74) is 0. The van der Waals surface area contributed by atoms with Crippen molar-refractivity contribution in [2.45, 2.75) is 39.5 Å². The van der Waals surface area contributed by atoms with Gasteiger partial charge in [-0.1, -0.05) is 6.92 Å². The minimum absolute atomic E-state index is 0.967. The maximum absolute atomic E-state index is 6.37. The van der Waals surface area contributed by atoms with Crippen LogP contribution in [0.25, 0.3) is 0 Å². The molecule has 0 saturated carbocycles. The number of hydrogen-bond acceptors (Lipinski definition) is 0. The van der Waals surface area contributed by atoms with Crippen LogP contribution in [0.2, 0.25) is 0 Å². The Hall–Kier alpha value is -0.240. The Bertz CT molecular complexity index is 193. The maximum atomic E-state index is 6.37. The Kier molecular flexibility index (Phi) is 5.31. The lowest BCUT2D eigenvalue weighted by atomic mass is 10.2. The average molecular weight is 218 g/mol. The van der Waals surface area contributed by atoms with Crippen molar-refractivity contribution < 1.29 is 4.58 Å². The van der Waals surface area contributed by atoms with E-state index in [1.54, 1.807) is 0 Å². The van der Waals surface area contributed by atoms with Gasteiger partial charge in [0.15, 0.2) is 0 Å². The minimum Gasteiger partial charge on any atom is -0.252 e. The van der Waals surface area contributed by atoms with E-state index >= 15 is 0 Å². The second kappa shape index (κ2) is 6.28. The summed E-state index contributed by atoms with van der Waals surface area (Å²) >= 11 is 6.37. The number of nitrogens with zero attached hydrogens (tertiary/aromatic N) is 2. The van der Waals surface area contributed by atoms with Gasteiger partial charge in [0, 0.05) is 11.6 Å². The third-order valence-corrected chi connectivity index (χ3v) is 3.23. The van der Waals surface area contributed by atoms with E-state index in [-0.39, 0.29) is 0 Å². The first kappa shape index (κ1) is 11.8. The fourth-order valence-electron chi connectivity index (χ4n) is 1.93. The van der Waals surface area contributed by atoms with Gasteiger partial charge in [-0.15, -0.1) is 0 Å². The van der Waals surface area contributed by atoms with Crippen LogP contribution in [0.3, 0.4) is 0 Å². The highest BCUT2D eigenvalue weighted by Gasteiger charge is 2.19. The Labute approximate surface area is 92.6 Å².